The number of nitrogens with zero attached hydrogens (tertiary/aromatic N) is 3. The lowest BCUT2D eigenvalue weighted by atomic mass is 10.1. The molecule has 1 N–H and O–H groups in total. The number of hydrogen-bond donors (Lipinski definition) is 1. The first kappa shape index (κ1) is 24.5. The Kier molecular flexibility index (Phi) is 6.36. The summed E-state index contributed by atoms with van der Waals surface area (Å²) in [6, 6.07) is 12.7. The molecule has 0 spiro atoms. The van der Waals surface area contributed by atoms with Crippen molar-refractivity contribution in [2.45, 2.75) is 29.1 Å². The van der Waals surface area contributed by atoms with Crippen LogP contribution < -0.4 is 5.56 Å². The predicted octanol–water partition coefficient (Wildman–Crippen LogP) is 6.19. The fraction of sp³-hybridized carbons (Fsp3) is 0.125. The van der Waals surface area contributed by atoms with E-state index in [1.54, 1.807) is 34.2 Å². The monoisotopic (exact) mass is 550 g/mol. The molecule has 3 heterocycles. The Bertz CT molecular complexity index is 1520. The van der Waals surface area contributed by atoms with Gasteiger partial charge in [-0.15, -0.1) is 0 Å². The highest BCUT2D eigenvalue weighted by molar-refractivity contribution is 7.99. The van der Waals surface area contributed by atoms with Crippen molar-refractivity contribution in [3.05, 3.63) is 104 Å². The van der Waals surface area contributed by atoms with Crippen molar-refractivity contribution in [1.29, 1.82) is 0 Å². The molecule has 0 unspecified atom stereocenters. The van der Waals surface area contributed by atoms with E-state index in [4.69, 9.17) is 23.2 Å². The molecule has 184 valence electrons. The molecule has 0 saturated carbocycles. The Balaban J connectivity index is 1.53. The molecule has 1 aliphatic heterocycles. The third-order valence-electron chi connectivity index (χ3n) is 5.62. The van der Waals surface area contributed by atoms with Crippen molar-refractivity contribution in [1.82, 2.24) is 19.7 Å². The van der Waals surface area contributed by atoms with Gasteiger partial charge in [-0.2, -0.15) is 18.3 Å². The highest BCUT2D eigenvalue weighted by Gasteiger charge is 2.36. The van der Waals surface area contributed by atoms with Crippen LogP contribution in [0.25, 0.3) is 5.69 Å². The molecule has 4 aromatic rings. The number of carbonyl (C=O) groups excluding carboxylic acids is 1. The van der Waals surface area contributed by atoms with E-state index in [-0.39, 0.29) is 32.9 Å². The molecule has 0 fully saturated rings. The molecule has 0 aliphatic carbocycles. The van der Waals surface area contributed by atoms with E-state index in [0.717, 1.165) is 34.6 Å². The van der Waals surface area contributed by atoms with Gasteiger partial charge in [0.1, 0.15) is 11.3 Å². The van der Waals surface area contributed by atoms with Gasteiger partial charge in [-0.05, 0) is 47.5 Å². The van der Waals surface area contributed by atoms with Crippen LogP contribution in [0.5, 0.6) is 0 Å². The molecule has 12 heteroatoms. The zero-order valence-corrected chi connectivity index (χ0v) is 20.5. The molecule has 1 amide bonds. The first-order valence-electron chi connectivity index (χ1n) is 10.5. The number of carbonyl (C=O) groups is 1. The molecule has 6 nitrogen and oxygen atoms in total. The van der Waals surface area contributed by atoms with Crippen LogP contribution in [0.4, 0.5) is 13.2 Å². The molecule has 0 atom stereocenters. The first-order valence-corrected chi connectivity index (χ1v) is 12.1. The second kappa shape index (κ2) is 9.34. The second-order valence-corrected chi connectivity index (χ2v) is 9.83. The number of pyridine rings is 1. The Morgan fingerprint density at radius 2 is 1.75 bits per heavy atom. The topological polar surface area (TPSA) is 71.0 Å². The van der Waals surface area contributed by atoms with Crippen LogP contribution in [0.15, 0.2) is 75.5 Å². The number of H-pyrrole nitrogens is 1. The molecular formula is C24H15Cl2F3N4O2S. The molecule has 2 aromatic heterocycles. The Morgan fingerprint density at radius 3 is 2.42 bits per heavy atom. The highest BCUT2D eigenvalue weighted by atomic mass is 35.5. The summed E-state index contributed by atoms with van der Waals surface area (Å²) in [5, 5.41) is 4.55. The van der Waals surface area contributed by atoms with E-state index in [2.05, 4.69) is 5.10 Å². The number of rotatable bonds is 4. The summed E-state index contributed by atoms with van der Waals surface area (Å²) in [6.07, 6.45) is -1.40. The fourth-order valence-electron chi connectivity index (χ4n) is 3.91. The molecule has 36 heavy (non-hydrogen) atoms. The zero-order chi connectivity index (χ0) is 25.6. The molecule has 5 rings (SSSR count). The van der Waals surface area contributed by atoms with Gasteiger partial charge < -0.3 is 9.88 Å². The number of benzene rings is 2. The third-order valence-corrected chi connectivity index (χ3v) is 7.66. The summed E-state index contributed by atoms with van der Waals surface area (Å²) in [5.74, 6) is -0.701. The maximum atomic E-state index is 13.5. The molecule has 0 radical (unpaired) electrons. The molecule has 1 aliphatic rings. The van der Waals surface area contributed by atoms with Crippen LogP contribution in [0.3, 0.4) is 0 Å². The largest absolute Gasteiger partial charge is 0.431 e. The maximum absolute atomic E-state index is 13.5. The number of halogens is 5. The van der Waals surface area contributed by atoms with Crippen LogP contribution in [0.1, 0.15) is 27.2 Å². The summed E-state index contributed by atoms with van der Waals surface area (Å²) in [4.78, 5) is 29.6. The summed E-state index contributed by atoms with van der Waals surface area (Å²) in [5.41, 5.74) is -0.319. The van der Waals surface area contributed by atoms with Gasteiger partial charge in [0, 0.05) is 35.3 Å². The van der Waals surface area contributed by atoms with Gasteiger partial charge in [0.25, 0.3) is 11.5 Å². The van der Waals surface area contributed by atoms with E-state index in [0.29, 0.717) is 0 Å². The minimum absolute atomic E-state index is 0.180. The standard InChI is InChI=1S/C24H15Cl2F3N4O2S/c25-16-3-1-4-17(26)21(16)36-18-10-19(24(27,28)29)31-22(34)20(18)23(35)32-11-13-5-6-15(9-14(13)12-32)33-8-2-7-30-33/h1-10H,11-12H2,(H,31,34). The second-order valence-electron chi connectivity index (χ2n) is 7.97. The van der Waals surface area contributed by atoms with Crippen molar-refractivity contribution in [3.63, 3.8) is 0 Å². The van der Waals surface area contributed by atoms with E-state index < -0.39 is 28.9 Å². The lowest BCUT2D eigenvalue weighted by molar-refractivity contribution is -0.141. The lowest BCUT2D eigenvalue weighted by Gasteiger charge is -2.18. The number of alkyl halides is 3. The van der Waals surface area contributed by atoms with Gasteiger partial charge in [-0.1, -0.05) is 47.1 Å². The Morgan fingerprint density at radius 1 is 1.03 bits per heavy atom. The van der Waals surface area contributed by atoms with Crippen molar-refractivity contribution < 1.29 is 18.0 Å². The summed E-state index contributed by atoms with van der Waals surface area (Å²) in [7, 11) is 0. The van der Waals surface area contributed by atoms with Crippen LogP contribution in [-0.4, -0.2) is 25.6 Å². The minimum atomic E-state index is -4.83. The number of nitrogens with one attached hydrogen (secondary N) is 1. The highest BCUT2D eigenvalue weighted by Crippen LogP contribution is 2.41. The molecule has 0 saturated heterocycles. The average Bonchev–Trinajstić information content (AvgIpc) is 3.50. The van der Waals surface area contributed by atoms with Gasteiger partial charge in [0.2, 0.25) is 0 Å². The van der Waals surface area contributed by atoms with Crippen molar-refractivity contribution in [2.24, 2.45) is 0 Å². The predicted molar refractivity (Wildman–Crippen MR) is 130 cm³/mol. The maximum Gasteiger partial charge on any atom is 0.431 e. The van der Waals surface area contributed by atoms with Gasteiger partial charge in [0.15, 0.2) is 0 Å². The van der Waals surface area contributed by atoms with Crippen molar-refractivity contribution in [2.75, 3.05) is 0 Å². The average molecular weight is 551 g/mol. The van der Waals surface area contributed by atoms with Crippen molar-refractivity contribution >= 4 is 40.9 Å². The summed E-state index contributed by atoms with van der Waals surface area (Å²) < 4.78 is 42.1. The molecule has 2 aromatic carbocycles. The Hall–Kier alpha value is -3.21. The van der Waals surface area contributed by atoms with E-state index in [1.807, 2.05) is 18.2 Å². The van der Waals surface area contributed by atoms with Crippen LogP contribution in [0, 0.1) is 0 Å². The van der Waals surface area contributed by atoms with Gasteiger partial charge >= 0.3 is 6.18 Å². The fourth-order valence-corrected chi connectivity index (χ4v) is 5.55. The SMILES string of the molecule is O=C(c1c(Sc2c(Cl)cccc2Cl)cc(C(F)(F)F)[nH]c1=O)N1Cc2ccc(-n3cccn3)cc2C1. The number of fused-ring (bicyclic) bond motifs is 1. The normalized spacial score (nSPS) is 13.2. The van der Waals surface area contributed by atoms with E-state index in [1.165, 1.54) is 17.0 Å². The Labute approximate surface area is 216 Å². The number of aromatic amines is 1. The number of aromatic nitrogens is 3. The smallest absolute Gasteiger partial charge is 0.330 e. The third kappa shape index (κ3) is 4.63. The first-order chi connectivity index (χ1) is 17.1. The van der Waals surface area contributed by atoms with Gasteiger partial charge in [0.05, 0.1) is 15.7 Å². The lowest BCUT2D eigenvalue weighted by Crippen LogP contribution is -2.32. The molecular weight excluding hydrogens is 536 g/mol. The van der Waals surface area contributed by atoms with E-state index in [9.17, 15) is 22.8 Å². The van der Waals surface area contributed by atoms with Crippen LogP contribution in [0.2, 0.25) is 10.0 Å². The summed E-state index contributed by atoms with van der Waals surface area (Å²) >= 11 is 13.2. The zero-order valence-electron chi connectivity index (χ0n) is 18.1. The van der Waals surface area contributed by atoms with Gasteiger partial charge in [-0.25, -0.2) is 4.68 Å². The van der Waals surface area contributed by atoms with Crippen molar-refractivity contribution in [3.8, 4) is 5.69 Å². The molecule has 0 bridgehead atoms. The van der Waals surface area contributed by atoms with E-state index >= 15 is 0 Å². The minimum Gasteiger partial charge on any atom is -0.330 e. The number of amides is 1. The summed E-state index contributed by atoms with van der Waals surface area (Å²) in [6.45, 7) is 0.381. The van der Waals surface area contributed by atoms with Crippen LogP contribution >= 0.6 is 35.0 Å². The van der Waals surface area contributed by atoms with Gasteiger partial charge in [-0.3, -0.25) is 9.59 Å². The van der Waals surface area contributed by atoms with Crippen LogP contribution in [-0.2, 0) is 19.3 Å². The number of hydrogen-bond acceptors (Lipinski definition) is 4. The quantitative estimate of drug-likeness (QED) is 0.328.